The number of furan rings is 1. The molecule has 184 valence electrons. The van der Waals surface area contributed by atoms with Crippen LogP contribution in [0.25, 0.3) is 11.1 Å². The highest BCUT2D eigenvalue weighted by Gasteiger charge is 2.68. The molecule has 2 saturated heterocycles. The average molecular weight is 468 g/mol. The van der Waals surface area contributed by atoms with E-state index in [-0.39, 0.29) is 11.7 Å². The summed E-state index contributed by atoms with van der Waals surface area (Å²) in [5.74, 6) is 3.89. The fourth-order valence-corrected chi connectivity index (χ4v) is 7.50. The molecule has 2 amide bonds. The number of aryl methyl sites for hydroxylation is 1. The maximum atomic E-state index is 11.5. The van der Waals surface area contributed by atoms with Crippen molar-refractivity contribution in [1.82, 2.24) is 10.3 Å². The lowest BCUT2D eigenvalue weighted by Crippen LogP contribution is -2.50. The van der Waals surface area contributed by atoms with Crippen LogP contribution in [0.4, 0.5) is 5.69 Å². The summed E-state index contributed by atoms with van der Waals surface area (Å²) < 4.78 is 5.53. The molecule has 8 nitrogen and oxygen atoms in total. The fraction of sp³-hybridized carbons (Fsp3) is 0.654. The van der Waals surface area contributed by atoms with E-state index in [9.17, 15) is 9.59 Å². The molecule has 4 heterocycles. The number of anilines is 1. The maximum absolute atomic E-state index is 11.5. The number of nitrogens with zero attached hydrogens (tertiary/aromatic N) is 2. The van der Waals surface area contributed by atoms with E-state index in [0.29, 0.717) is 5.71 Å². The van der Waals surface area contributed by atoms with Crippen LogP contribution in [0.5, 0.6) is 0 Å². The van der Waals surface area contributed by atoms with E-state index in [4.69, 9.17) is 10.2 Å². The molecule has 2 aliphatic heterocycles. The standard InChI is InChI=1S/C13H15N3O2.C11H17N.C2H5NO/c1-8-4-5-9-10(16-6-2-3-7-16)11(12(14)17)18-13(9)15-8;1-3-11-4-2-10(11)8-6-12-5-7(8)9(1)11;1-2(3)4/h4-5H,2-3,6-7H2,1H3,(H2,14,17);7-10,12H,1-6H2;1H3,(H2,3,4). The molecule has 0 bridgehead atoms. The normalized spacial score (nSPS) is 32.2. The number of carbonyl (C=O) groups excluding carboxylic acids is 2. The molecule has 5 N–H and O–H groups in total. The van der Waals surface area contributed by atoms with Crippen LogP contribution in [0.15, 0.2) is 16.5 Å². The quantitative estimate of drug-likeness (QED) is 0.623. The predicted molar refractivity (Wildman–Crippen MR) is 131 cm³/mol. The Labute approximate surface area is 200 Å². The zero-order valence-electron chi connectivity index (χ0n) is 20.3. The van der Waals surface area contributed by atoms with Gasteiger partial charge in [0.05, 0.1) is 11.1 Å². The Morgan fingerprint density at radius 2 is 1.68 bits per heavy atom. The van der Waals surface area contributed by atoms with Gasteiger partial charge in [-0.05, 0) is 99.8 Å². The molecule has 3 aliphatic carbocycles. The van der Waals surface area contributed by atoms with Crippen molar-refractivity contribution in [3.63, 3.8) is 0 Å². The molecule has 34 heavy (non-hydrogen) atoms. The summed E-state index contributed by atoms with van der Waals surface area (Å²) in [4.78, 5) is 27.2. The van der Waals surface area contributed by atoms with Gasteiger partial charge in [-0.2, -0.15) is 0 Å². The van der Waals surface area contributed by atoms with E-state index in [0.717, 1.165) is 71.8 Å². The SMILES string of the molecule is C1NCC2C1C1CCC13CCC23.CC(N)=O.Cc1ccc2c(N3CCCC3)c(C(N)=O)oc2n1. The van der Waals surface area contributed by atoms with Gasteiger partial charge in [-0.25, -0.2) is 4.98 Å². The second-order valence-corrected chi connectivity index (χ2v) is 10.8. The number of nitrogens with one attached hydrogen (secondary N) is 1. The van der Waals surface area contributed by atoms with Crippen LogP contribution in [0.2, 0.25) is 0 Å². The van der Waals surface area contributed by atoms with Crippen LogP contribution in [-0.2, 0) is 4.79 Å². The van der Waals surface area contributed by atoms with Crippen LogP contribution >= 0.6 is 0 Å². The van der Waals surface area contributed by atoms with Gasteiger partial charge in [0.25, 0.3) is 5.91 Å². The van der Waals surface area contributed by atoms with Crippen molar-refractivity contribution in [2.75, 3.05) is 31.1 Å². The van der Waals surface area contributed by atoms with E-state index >= 15 is 0 Å². The molecule has 0 aromatic carbocycles. The van der Waals surface area contributed by atoms with E-state index in [1.807, 2.05) is 19.1 Å². The number of nitrogens with two attached hydrogens (primary N) is 2. The summed E-state index contributed by atoms with van der Waals surface area (Å²) in [6.45, 7) is 7.77. The lowest BCUT2D eigenvalue weighted by atomic mass is 9.47. The molecular weight excluding hydrogens is 430 g/mol. The van der Waals surface area contributed by atoms with Gasteiger partial charge in [-0.1, -0.05) is 0 Å². The zero-order valence-corrected chi connectivity index (χ0v) is 20.3. The third-order valence-electron chi connectivity index (χ3n) is 8.98. The first kappa shape index (κ1) is 23.1. The highest BCUT2D eigenvalue weighted by atomic mass is 16.4. The number of primary amides is 2. The fourth-order valence-electron chi connectivity index (χ4n) is 7.50. The van der Waals surface area contributed by atoms with E-state index in [1.54, 1.807) is 25.7 Å². The number of aromatic nitrogens is 1. The lowest BCUT2D eigenvalue weighted by molar-refractivity contribution is -0.115. The molecule has 8 heteroatoms. The van der Waals surface area contributed by atoms with Crippen LogP contribution in [0.3, 0.4) is 0 Å². The molecule has 3 saturated carbocycles. The van der Waals surface area contributed by atoms with Crippen LogP contribution in [0.1, 0.15) is 61.7 Å². The first-order valence-corrected chi connectivity index (χ1v) is 12.7. The van der Waals surface area contributed by atoms with Gasteiger partial charge in [-0.15, -0.1) is 0 Å². The minimum Gasteiger partial charge on any atom is -0.430 e. The summed E-state index contributed by atoms with van der Waals surface area (Å²) >= 11 is 0. The molecule has 5 fully saturated rings. The number of amides is 2. The van der Waals surface area contributed by atoms with Crippen molar-refractivity contribution >= 4 is 28.6 Å². The summed E-state index contributed by atoms with van der Waals surface area (Å²) in [5, 5.41) is 4.46. The second kappa shape index (κ2) is 8.87. The van der Waals surface area contributed by atoms with E-state index in [1.165, 1.54) is 20.0 Å². The maximum Gasteiger partial charge on any atom is 0.286 e. The summed E-state index contributed by atoms with van der Waals surface area (Å²) in [7, 11) is 0. The minimum absolute atomic E-state index is 0.227. The second-order valence-electron chi connectivity index (χ2n) is 10.8. The van der Waals surface area contributed by atoms with Crippen LogP contribution in [-0.4, -0.2) is 43.0 Å². The first-order valence-electron chi connectivity index (χ1n) is 12.7. The number of fused-ring (bicyclic) bond motifs is 4. The molecule has 0 radical (unpaired) electrons. The molecule has 5 aliphatic rings. The lowest BCUT2D eigenvalue weighted by Gasteiger charge is -2.57. The molecule has 7 rings (SSSR count). The molecule has 2 aromatic heterocycles. The Hall–Kier alpha value is -2.61. The van der Waals surface area contributed by atoms with Gasteiger partial charge in [0, 0.05) is 25.7 Å². The highest BCUT2D eigenvalue weighted by Crippen LogP contribution is 2.74. The van der Waals surface area contributed by atoms with Gasteiger partial charge in [0.2, 0.25) is 17.4 Å². The zero-order chi connectivity index (χ0) is 24.0. The predicted octanol–water partition coefficient (Wildman–Crippen LogP) is 2.97. The van der Waals surface area contributed by atoms with Gasteiger partial charge in [0.15, 0.2) is 0 Å². The third-order valence-corrected chi connectivity index (χ3v) is 8.98. The summed E-state index contributed by atoms with van der Waals surface area (Å²) in [5.41, 5.74) is 13.0. The smallest absolute Gasteiger partial charge is 0.286 e. The number of carbonyl (C=O) groups is 2. The Balaban J connectivity index is 0.000000129. The van der Waals surface area contributed by atoms with Crippen LogP contribution < -0.4 is 21.7 Å². The Morgan fingerprint density at radius 3 is 2.18 bits per heavy atom. The van der Waals surface area contributed by atoms with Crippen molar-refractivity contribution in [2.45, 2.75) is 52.4 Å². The van der Waals surface area contributed by atoms with Crippen molar-refractivity contribution in [3.05, 3.63) is 23.6 Å². The topological polar surface area (TPSA) is 127 Å². The minimum atomic E-state index is -0.535. The van der Waals surface area contributed by atoms with Crippen molar-refractivity contribution < 1.29 is 14.0 Å². The van der Waals surface area contributed by atoms with Crippen molar-refractivity contribution in [3.8, 4) is 0 Å². The third kappa shape index (κ3) is 3.76. The largest absolute Gasteiger partial charge is 0.430 e. The molecule has 4 unspecified atom stereocenters. The van der Waals surface area contributed by atoms with Crippen LogP contribution in [0, 0.1) is 36.0 Å². The molecule has 4 atom stereocenters. The molecule has 1 spiro atoms. The number of rotatable bonds is 2. The van der Waals surface area contributed by atoms with Crippen molar-refractivity contribution in [2.24, 2.45) is 40.6 Å². The van der Waals surface area contributed by atoms with E-state index < -0.39 is 5.91 Å². The van der Waals surface area contributed by atoms with Gasteiger partial charge < -0.3 is 26.1 Å². The Bertz CT molecular complexity index is 1060. The Morgan fingerprint density at radius 1 is 1.09 bits per heavy atom. The number of hydrogen-bond donors (Lipinski definition) is 3. The molecule has 2 aromatic rings. The average Bonchev–Trinajstić information content (AvgIpc) is 3.47. The summed E-state index contributed by atoms with van der Waals surface area (Å²) in [6, 6.07) is 3.86. The van der Waals surface area contributed by atoms with Gasteiger partial charge >= 0.3 is 0 Å². The van der Waals surface area contributed by atoms with Gasteiger partial charge in [-0.3, -0.25) is 9.59 Å². The number of hydrogen-bond acceptors (Lipinski definition) is 6. The number of pyridine rings is 1. The van der Waals surface area contributed by atoms with E-state index in [2.05, 4.69) is 20.9 Å². The Kier molecular flexibility index (Phi) is 6.04. The van der Waals surface area contributed by atoms with Crippen molar-refractivity contribution in [1.29, 1.82) is 0 Å². The summed E-state index contributed by atoms with van der Waals surface area (Å²) in [6.07, 6.45) is 8.58. The van der Waals surface area contributed by atoms with Gasteiger partial charge in [0.1, 0.15) is 0 Å². The first-order chi connectivity index (χ1) is 16.3. The monoisotopic (exact) mass is 467 g/mol. The highest BCUT2D eigenvalue weighted by molar-refractivity contribution is 6.05. The molecular formula is C26H37N5O3.